The van der Waals surface area contributed by atoms with Gasteiger partial charge in [-0.15, -0.1) is 0 Å². The molecule has 0 atom stereocenters. The van der Waals surface area contributed by atoms with E-state index in [-0.39, 0.29) is 5.82 Å². The number of thiocarbonyl (C=S) groups is 1. The van der Waals surface area contributed by atoms with Crippen LogP contribution in [-0.2, 0) is 4.74 Å². The zero-order valence-corrected chi connectivity index (χ0v) is 8.95. The number of ether oxygens (including phenoxy) is 1. The molecule has 0 heterocycles. The molecule has 4 heteroatoms. The number of nitrogen functional groups attached to an aromatic ring is 1. The second-order valence-electron chi connectivity index (χ2n) is 2.91. The summed E-state index contributed by atoms with van der Waals surface area (Å²) in [6, 6.07) is 2.86. The van der Waals surface area contributed by atoms with Crippen LogP contribution in [0.3, 0.4) is 0 Å². The van der Waals surface area contributed by atoms with E-state index in [9.17, 15) is 4.39 Å². The van der Waals surface area contributed by atoms with Gasteiger partial charge in [0.2, 0.25) is 0 Å². The monoisotopic (exact) mass is 213 g/mol. The van der Waals surface area contributed by atoms with Gasteiger partial charge in [-0.1, -0.05) is 0 Å². The fourth-order valence-corrected chi connectivity index (χ4v) is 1.38. The topological polar surface area (TPSA) is 35.2 Å². The Balaban J connectivity index is 3.09. The standard InChI is InChI=1S/C10H12FNOS/c1-3-13-10(14)7-4-6(2)8(11)5-9(7)12/h4-5H,3,12H2,1-2H3. The molecule has 1 aromatic rings. The molecule has 14 heavy (non-hydrogen) atoms. The van der Waals surface area contributed by atoms with Crippen molar-refractivity contribution in [1.82, 2.24) is 0 Å². The van der Waals surface area contributed by atoms with Crippen molar-refractivity contribution in [3.8, 4) is 0 Å². The number of hydrogen-bond donors (Lipinski definition) is 1. The van der Waals surface area contributed by atoms with Gasteiger partial charge in [-0.05, 0) is 43.8 Å². The van der Waals surface area contributed by atoms with Gasteiger partial charge >= 0.3 is 0 Å². The molecule has 0 saturated carbocycles. The van der Waals surface area contributed by atoms with Crippen LogP contribution in [0.1, 0.15) is 18.1 Å². The predicted octanol–water partition coefficient (Wildman–Crippen LogP) is 2.43. The first-order valence-electron chi connectivity index (χ1n) is 4.29. The zero-order chi connectivity index (χ0) is 10.7. The minimum atomic E-state index is -0.328. The smallest absolute Gasteiger partial charge is 0.193 e. The molecule has 0 saturated heterocycles. The highest BCUT2D eigenvalue weighted by Crippen LogP contribution is 2.18. The minimum Gasteiger partial charge on any atom is -0.483 e. The molecule has 0 fully saturated rings. The van der Waals surface area contributed by atoms with E-state index in [0.717, 1.165) is 0 Å². The van der Waals surface area contributed by atoms with E-state index in [0.29, 0.717) is 28.5 Å². The molecule has 0 radical (unpaired) electrons. The number of anilines is 1. The Labute approximate surface area is 87.9 Å². The van der Waals surface area contributed by atoms with Crippen molar-refractivity contribution >= 4 is 23.0 Å². The first-order chi connectivity index (χ1) is 6.56. The molecule has 1 rings (SSSR count). The Morgan fingerprint density at radius 2 is 2.21 bits per heavy atom. The van der Waals surface area contributed by atoms with Crippen LogP contribution in [0, 0.1) is 12.7 Å². The Hall–Kier alpha value is -1.16. The summed E-state index contributed by atoms with van der Waals surface area (Å²) in [5, 5.41) is 0.313. The lowest BCUT2D eigenvalue weighted by atomic mass is 10.1. The van der Waals surface area contributed by atoms with E-state index in [4.69, 9.17) is 22.7 Å². The van der Waals surface area contributed by atoms with Crippen LogP contribution in [0.5, 0.6) is 0 Å². The first-order valence-corrected chi connectivity index (χ1v) is 4.69. The Morgan fingerprint density at radius 1 is 1.57 bits per heavy atom. The molecular formula is C10H12FNOS. The number of aryl methyl sites for hydroxylation is 1. The van der Waals surface area contributed by atoms with Crippen molar-refractivity contribution in [2.45, 2.75) is 13.8 Å². The second-order valence-corrected chi connectivity index (χ2v) is 3.28. The molecule has 0 bridgehead atoms. The highest BCUT2D eigenvalue weighted by molar-refractivity contribution is 7.80. The highest BCUT2D eigenvalue weighted by atomic mass is 32.1. The fraction of sp³-hybridized carbons (Fsp3) is 0.300. The molecule has 2 nitrogen and oxygen atoms in total. The molecule has 76 valence electrons. The molecule has 0 unspecified atom stereocenters. The summed E-state index contributed by atoms with van der Waals surface area (Å²) in [6.45, 7) is 3.97. The lowest BCUT2D eigenvalue weighted by Crippen LogP contribution is -2.07. The van der Waals surface area contributed by atoms with Crippen molar-refractivity contribution in [3.63, 3.8) is 0 Å². The van der Waals surface area contributed by atoms with Crippen molar-refractivity contribution < 1.29 is 9.13 Å². The summed E-state index contributed by atoms with van der Waals surface area (Å²) in [7, 11) is 0. The summed E-state index contributed by atoms with van der Waals surface area (Å²) in [6.07, 6.45) is 0. The predicted molar refractivity (Wildman–Crippen MR) is 58.9 cm³/mol. The quantitative estimate of drug-likeness (QED) is 0.605. The molecule has 0 amide bonds. The molecule has 2 N–H and O–H groups in total. The van der Waals surface area contributed by atoms with Gasteiger partial charge in [0.05, 0.1) is 12.2 Å². The summed E-state index contributed by atoms with van der Waals surface area (Å²) < 4.78 is 18.2. The average Bonchev–Trinajstić information content (AvgIpc) is 2.11. The van der Waals surface area contributed by atoms with Crippen LogP contribution in [-0.4, -0.2) is 11.7 Å². The molecule has 1 aromatic carbocycles. The third-order valence-corrected chi connectivity index (χ3v) is 2.16. The lowest BCUT2D eigenvalue weighted by molar-refractivity contribution is 0.338. The third kappa shape index (κ3) is 2.20. The molecule has 0 aliphatic rings. The van der Waals surface area contributed by atoms with Gasteiger partial charge in [0.25, 0.3) is 0 Å². The van der Waals surface area contributed by atoms with E-state index in [1.807, 2.05) is 6.92 Å². The fourth-order valence-electron chi connectivity index (χ4n) is 1.08. The molecular weight excluding hydrogens is 201 g/mol. The SMILES string of the molecule is CCOC(=S)c1cc(C)c(F)cc1N. The molecule has 0 spiro atoms. The molecule has 0 aliphatic heterocycles. The summed E-state index contributed by atoms with van der Waals surface area (Å²) >= 11 is 4.99. The van der Waals surface area contributed by atoms with E-state index >= 15 is 0 Å². The maximum Gasteiger partial charge on any atom is 0.193 e. The summed E-state index contributed by atoms with van der Waals surface area (Å²) in [5.41, 5.74) is 7.02. The average molecular weight is 213 g/mol. The van der Waals surface area contributed by atoms with E-state index in [1.54, 1.807) is 13.0 Å². The van der Waals surface area contributed by atoms with Crippen LogP contribution in [0.4, 0.5) is 10.1 Å². The van der Waals surface area contributed by atoms with Gasteiger partial charge in [-0.25, -0.2) is 4.39 Å². The summed E-state index contributed by atoms with van der Waals surface area (Å²) in [5.74, 6) is -0.328. The van der Waals surface area contributed by atoms with Crippen LogP contribution < -0.4 is 5.73 Å². The largest absolute Gasteiger partial charge is 0.483 e. The maximum absolute atomic E-state index is 13.0. The van der Waals surface area contributed by atoms with E-state index in [1.165, 1.54) is 6.07 Å². The number of hydrogen-bond acceptors (Lipinski definition) is 3. The van der Waals surface area contributed by atoms with Gasteiger partial charge in [-0.3, -0.25) is 0 Å². The van der Waals surface area contributed by atoms with Gasteiger partial charge in [-0.2, -0.15) is 0 Å². The van der Waals surface area contributed by atoms with Crippen LogP contribution in [0.25, 0.3) is 0 Å². The Bertz CT molecular complexity index is 365. The van der Waals surface area contributed by atoms with Gasteiger partial charge in [0.15, 0.2) is 5.05 Å². The third-order valence-electron chi connectivity index (χ3n) is 1.83. The Morgan fingerprint density at radius 3 is 2.79 bits per heavy atom. The van der Waals surface area contributed by atoms with E-state index in [2.05, 4.69) is 0 Å². The van der Waals surface area contributed by atoms with Crippen molar-refractivity contribution in [2.24, 2.45) is 0 Å². The number of benzene rings is 1. The van der Waals surface area contributed by atoms with Crippen LogP contribution in [0.15, 0.2) is 12.1 Å². The maximum atomic E-state index is 13.0. The van der Waals surface area contributed by atoms with Crippen molar-refractivity contribution in [2.75, 3.05) is 12.3 Å². The van der Waals surface area contributed by atoms with Gasteiger partial charge < -0.3 is 10.5 Å². The number of rotatable bonds is 2. The zero-order valence-electron chi connectivity index (χ0n) is 8.13. The van der Waals surface area contributed by atoms with Crippen LogP contribution >= 0.6 is 12.2 Å². The Kier molecular flexibility index (Phi) is 3.41. The summed E-state index contributed by atoms with van der Waals surface area (Å²) in [4.78, 5) is 0. The van der Waals surface area contributed by atoms with E-state index < -0.39 is 0 Å². The molecule has 0 aromatic heterocycles. The van der Waals surface area contributed by atoms with Gasteiger partial charge in [0.1, 0.15) is 5.82 Å². The second kappa shape index (κ2) is 4.37. The minimum absolute atomic E-state index is 0.312. The normalized spacial score (nSPS) is 9.93. The van der Waals surface area contributed by atoms with Gasteiger partial charge in [0, 0.05) is 5.69 Å². The highest BCUT2D eigenvalue weighted by Gasteiger charge is 2.09. The first kappa shape index (κ1) is 10.9. The molecule has 0 aliphatic carbocycles. The van der Waals surface area contributed by atoms with Crippen molar-refractivity contribution in [1.29, 1.82) is 0 Å². The van der Waals surface area contributed by atoms with Crippen LogP contribution in [0.2, 0.25) is 0 Å². The number of nitrogens with two attached hydrogens (primary N) is 1. The lowest BCUT2D eigenvalue weighted by Gasteiger charge is -2.09. The number of halogens is 1. The van der Waals surface area contributed by atoms with Crippen molar-refractivity contribution in [3.05, 3.63) is 29.1 Å².